The maximum atomic E-state index is 12.3. The van der Waals surface area contributed by atoms with Crippen LogP contribution in [0.4, 0.5) is 10.6 Å². The minimum Gasteiger partial charge on any atom is -0.378 e. The Hall–Kier alpha value is -1.54. The molecule has 3 rings (SSSR count). The van der Waals surface area contributed by atoms with Gasteiger partial charge < -0.3 is 19.9 Å². The Morgan fingerprint density at radius 1 is 1.39 bits per heavy atom. The molecule has 2 saturated heterocycles. The van der Waals surface area contributed by atoms with Gasteiger partial charge in [0.25, 0.3) is 0 Å². The molecule has 1 atom stereocenters. The summed E-state index contributed by atoms with van der Waals surface area (Å²) in [4.78, 5) is 25.2. The van der Waals surface area contributed by atoms with Crippen molar-refractivity contribution in [3.8, 4) is 0 Å². The maximum Gasteiger partial charge on any atom is 0.317 e. The number of carbonyl (C=O) groups excluding carboxylic acids is 1. The zero-order chi connectivity index (χ0) is 16.1. The molecule has 8 heteroatoms. The van der Waals surface area contributed by atoms with Crippen LogP contribution in [-0.2, 0) is 4.74 Å². The van der Waals surface area contributed by atoms with Gasteiger partial charge in [-0.15, -0.1) is 0 Å². The van der Waals surface area contributed by atoms with E-state index in [9.17, 15) is 4.79 Å². The predicted octanol–water partition coefficient (Wildman–Crippen LogP) is 1.21. The molecule has 0 spiro atoms. The fourth-order valence-corrected chi connectivity index (χ4v) is 3.29. The van der Waals surface area contributed by atoms with Crippen molar-refractivity contribution in [1.29, 1.82) is 0 Å². The van der Waals surface area contributed by atoms with Crippen molar-refractivity contribution in [1.82, 2.24) is 20.2 Å². The molecule has 2 fully saturated rings. The van der Waals surface area contributed by atoms with Gasteiger partial charge in [-0.05, 0) is 25.2 Å². The van der Waals surface area contributed by atoms with E-state index in [0.29, 0.717) is 26.3 Å². The number of thioether (sulfide) groups is 1. The summed E-state index contributed by atoms with van der Waals surface area (Å²) in [6.45, 7) is 4.36. The number of hydrogen-bond acceptors (Lipinski definition) is 6. The van der Waals surface area contributed by atoms with Crippen LogP contribution in [0, 0.1) is 0 Å². The van der Waals surface area contributed by atoms with Gasteiger partial charge in [-0.25, -0.2) is 14.8 Å². The number of nitrogens with one attached hydrogen (secondary N) is 1. The third-order valence-corrected chi connectivity index (χ3v) is 4.73. The van der Waals surface area contributed by atoms with E-state index in [1.54, 1.807) is 18.0 Å². The standard InChI is InChI=1S/C15H23N5O2S/c1-23-14-16-5-4-13(18-14)20-6-2-3-12(11-20)17-15(21)19-7-9-22-10-8-19/h4-5,12H,2-3,6-11H2,1H3,(H,17,21). The number of aromatic nitrogens is 2. The second-order valence-electron chi connectivity index (χ2n) is 5.74. The first kappa shape index (κ1) is 16.3. The number of carbonyl (C=O) groups is 1. The molecule has 1 aromatic rings. The molecule has 0 radical (unpaired) electrons. The molecule has 2 amide bonds. The van der Waals surface area contributed by atoms with Gasteiger partial charge in [0, 0.05) is 38.4 Å². The SMILES string of the molecule is CSc1nccc(N2CCCC(NC(=O)N3CCOCC3)C2)n1. The van der Waals surface area contributed by atoms with Crippen LogP contribution < -0.4 is 10.2 Å². The number of amides is 2. The van der Waals surface area contributed by atoms with Crippen molar-refractivity contribution in [2.75, 3.05) is 50.5 Å². The second kappa shape index (κ2) is 7.83. The van der Waals surface area contributed by atoms with Crippen molar-refractivity contribution in [3.63, 3.8) is 0 Å². The van der Waals surface area contributed by atoms with Crippen LogP contribution in [0.1, 0.15) is 12.8 Å². The third-order valence-electron chi connectivity index (χ3n) is 4.17. The molecule has 2 aliphatic rings. The Balaban J connectivity index is 1.58. The lowest BCUT2D eigenvalue weighted by molar-refractivity contribution is 0.0523. The topological polar surface area (TPSA) is 70.6 Å². The first-order valence-electron chi connectivity index (χ1n) is 8.01. The molecule has 0 aliphatic carbocycles. The largest absolute Gasteiger partial charge is 0.378 e. The quantitative estimate of drug-likeness (QED) is 0.660. The van der Waals surface area contributed by atoms with Crippen molar-refractivity contribution in [3.05, 3.63) is 12.3 Å². The Bertz CT molecular complexity index is 538. The molecule has 2 aliphatic heterocycles. The highest BCUT2D eigenvalue weighted by atomic mass is 32.2. The van der Waals surface area contributed by atoms with E-state index in [4.69, 9.17) is 4.74 Å². The number of ether oxygens (including phenoxy) is 1. The van der Waals surface area contributed by atoms with Gasteiger partial charge in [-0.3, -0.25) is 0 Å². The smallest absolute Gasteiger partial charge is 0.317 e. The molecule has 0 bridgehead atoms. The van der Waals surface area contributed by atoms with Gasteiger partial charge in [-0.2, -0.15) is 0 Å². The van der Waals surface area contributed by atoms with E-state index in [1.807, 2.05) is 17.2 Å². The van der Waals surface area contributed by atoms with Crippen LogP contribution in [0.25, 0.3) is 0 Å². The summed E-state index contributed by atoms with van der Waals surface area (Å²) in [5.41, 5.74) is 0. The van der Waals surface area contributed by atoms with Crippen LogP contribution in [0.2, 0.25) is 0 Å². The van der Waals surface area contributed by atoms with Crippen LogP contribution in [0.3, 0.4) is 0 Å². The summed E-state index contributed by atoms with van der Waals surface area (Å²) >= 11 is 1.54. The second-order valence-corrected chi connectivity index (χ2v) is 6.51. The lowest BCUT2D eigenvalue weighted by Gasteiger charge is -2.35. The van der Waals surface area contributed by atoms with Gasteiger partial charge in [0.05, 0.1) is 13.2 Å². The Morgan fingerprint density at radius 3 is 3.00 bits per heavy atom. The number of piperidine rings is 1. The Labute approximate surface area is 140 Å². The number of hydrogen-bond donors (Lipinski definition) is 1. The number of nitrogens with zero attached hydrogens (tertiary/aromatic N) is 4. The van der Waals surface area contributed by atoms with Gasteiger partial charge >= 0.3 is 6.03 Å². The molecule has 126 valence electrons. The van der Waals surface area contributed by atoms with Crippen LogP contribution in [0.5, 0.6) is 0 Å². The average molecular weight is 337 g/mol. The van der Waals surface area contributed by atoms with Crippen molar-refractivity contribution in [2.45, 2.75) is 24.0 Å². The van der Waals surface area contributed by atoms with Gasteiger partial charge in [0.1, 0.15) is 5.82 Å². The van der Waals surface area contributed by atoms with Gasteiger partial charge in [-0.1, -0.05) is 11.8 Å². The lowest BCUT2D eigenvalue weighted by atomic mass is 10.1. The molecule has 0 aromatic carbocycles. The number of morpholine rings is 1. The minimum absolute atomic E-state index is 0.0210. The van der Waals surface area contributed by atoms with Gasteiger partial charge in [0.15, 0.2) is 5.16 Å². The van der Waals surface area contributed by atoms with Crippen molar-refractivity contribution < 1.29 is 9.53 Å². The zero-order valence-electron chi connectivity index (χ0n) is 13.4. The molecular weight excluding hydrogens is 314 g/mol. The van der Waals surface area contributed by atoms with Crippen LogP contribution >= 0.6 is 11.8 Å². The first-order chi connectivity index (χ1) is 11.3. The van der Waals surface area contributed by atoms with Crippen LogP contribution in [0.15, 0.2) is 17.4 Å². The fraction of sp³-hybridized carbons (Fsp3) is 0.667. The molecule has 3 heterocycles. The highest BCUT2D eigenvalue weighted by Crippen LogP contribution is 2.20. The van der Waals surface area contributed by atoms with E-state index in [2.05, 4.69) is 20.2 Å². The number of anilines is 1. The fourth-order valence-electron chi connectivity index (χ4n) is 2.94. The van der Waals surface area contributed by atoms with Gasteiger partial charge in [0.2, 0.25) is 0 Å². The van der Waals surface area contributed by atoms with E-state index in [0.717, 1.165) is 36.9 Å². The summed E-state index contributed by atoms with van der Waals surface area (Å²) in [5.74, 6) is 0.940. The molecule has 1 N–H and O–H groups in total. The third kappa shape index (κ3) is 4.26. The predicted molar refractivity (Wildman–Crippen MR) is 90.0 cm³/mol. The van der Waals surface area contributed by atoms with E-state index >= 15 is 0 Å². The molecule has 1 aromatic heterocycles. The maximum absolute atomic E-state index is 12.3. The molecule has 1 unspecified atom stereocenters. The summed E-state index contributed by atoms with van der Waals surface area (Å²) in [6.07, 6.45) is 5.82. The molecule has 7 nitrogen and oxygen atoms in total. The minimum atomic E-state index is 0.0210. The number of urea groups is 1. The lowest BCUT2D eigenvalue weighted by Crippen LogP contribution is -2.53. The molecule has 0 saturated carbocycles. The summed E-state index contributed by atoms with van der Waals surface area (Å²) < 4.78 is 5.29. The highest BCUT2D eigenvalue weighted by molar-refractivity contribution is 7.98. The molecule has 23 heavy (non-hydrogen) atoms. The highest BCUT2D eigenvalue weighted by Gasteiger charge is 2.25. The van der Waals surface area contributed by atoms with E-state index in [-0.39, 0.29) is 12.1 Å². The Kier molecular flexibility index (Phi) is 5.56. The average Bonchev–Trinajstić information content (AvgIpc) is 2.63. The Morgan fingerprint density at radius 2 is 2.22 bits per heavy atom. The monoisotopic (exact) mass is 337 g/mol. The first-order valence-corrected chi connectivity index (χ1v) is 9.24. The number of rotatable bonds is 3. The summed E-state index contributed by atoms with van der Waals surface area (Å²) in [6, 6.07) is 2.12. The molecular formula is C15H23N5O2S. The summed E-state index contributed by atoms with van der Waals surface area (Å²) in [5, 5.41) is 3.94. The van der Waals surface area contributed by atoms with Crippen LogP contribution in [-0.4, -0.2) is 72.6 Å². The van der Waals surface area contributed by atoms with E-state index in [1.165, 1.54) is 0 Å². The van der Waals surface area contributed by atoms with E-state index < -0.39 is 0 Å². The van der Waals surface area contributed by atoms with Crippen molar-refractivity contribution >= 4 is 23.6 Å². The normalized spacial score (nSPS) is 22.0. The summed E-state index contributed by atoms with van der Waals surface area (Å²) in [7, 11) is 0. The zero-order valence-corrected chi connectivity index (χ0v) is 14.2. The van der Waals surface area contributed by atoms with Crippen molar-refractivity contribution in [2.24, 2.45) is 0 Å².